The van der Waals surface area contributed by atoms with Crippen LogP contribution in [0.3, 0.4) is 0 Å². The maximum Gasteiger partial charge on any atom is 0.322 e. The standard InChI is InChI=1S/C35H37N5O4/c36-35(37)38-22-12-21-30(33(43)39-23-31(41)42)40(24-28-19-10-11-20-29(28)25-13-4-1-5-14-25)34(44)32(26-15-6-2-7-16-26)27-17-8-3-9-18-27/h1-11,13-20,30,32H,12,21-24H2,(H,39,43)(H,41,42)(H4,36,37,38)/t30-/m0/s1. The molecule has 9 nitrogen and oxygen atoms in total. The molecule has 2 amide bonds. The zero-order valence-electron chi connectivity index (χ0n) is 24.4. The van der Waals surface area contributed by atoms with Crippen LogP contribution in [-0.2, 0) is 20.9 Å². The summed E-state index contributed by atoms with van der Waals surface area (Å²) in [5, 5.41) is 11.8. The van der Waals surface area contributed by atoms with Crippen molar-refractivity contribution in [3.05, 3.63) is 132 Å². The predicted octanol–water partition coefficient (Wildman–Crippen LogP) is 4.14. The average molecular weight is 592 g/mol. The zero-order valence-corrected chi connectivity index (χ0v) is 24.4. The van der Waals surface area contributed by atoms with Gasteiger partial charge in [-0.25, -0.2) is 0 Å². The Balaban J connectivity index is 1.83. The number of nitrogens with two attached hydrogens (primary N) is 2. The van der Waals surface area contributed by atoms with Crippen molar-refractivity contribution < 1.29 is 19.5 Å². The van der Waals surface area contributed by atoms with Gasteiger partial charge >= 0.3 is 5.97 Å². The third-order valence-corrected chi connectivity index (χ3v) is 7.26. The molecule has 226 valence electrons. The molecule has 0 aromatic heterocycles. The molecule has 0 aliphatic heterocycles. The van der Waals surface area contributed by atoms with E-state index in [1.165, 1.54) is 0 Å². The van der Waals surface area contributed by atoms with E-state index < -0.39 is 30.4 Å². The van der Waals surface area contributed by atoms with Crippen LogP contribution in [0.15, 0.2) is 120 Å². The number of carbonyl (C=O) groups is 3. The molecule has 0 unspecified atom stereocenters. The van der Waals surface area contributed by atoms with E-state index in [2.05, 4.69) is 10.3 Å². The summed E-state index contributed by atoms with van der Waals surface area (Å²) in [5.41, 5.74) is 15.3. The van der Waals surface area contributed by atoms with E-state index in [0.29, 0.717) is 6.42 Å². The Morgan fingerprint density at radius 2 is 1.32 bits per heavy atom. The van der Waals surface area contributed by atoms with Crippen molar-refractivity contribution in [3.63, 3.8) is 0 Å². The lowest BCUT2D eigenvalue weighted by molar-refractivity contribution is -0.143. The second-order valence-electron chi connectivity index (χ2n) is 10.3. The Morgan fingerprint density at radius 3 is 1.89 bits per heavy atom. The molecular formula is C35H37N5O4. The van der Waals surface area contributed by atoms with Gasteiger partial charge in [0.15, 0.2) is 5.96 Å². The summed E-state index contributed by atoms with van der Waals surface area (Å²) < 4.78 is 0. The highest BCUT2D eigenvalue weighted by Gasteiger charge is 2.35. The summed E-state index contributed by atoms with van der Waals surface area (Å²) >= 11 is 0. The Labute approximate surface area is 257 Å². The first-order valence-corrected chi connectivity index (χ1v) is 14.4. The van der Waals surface area contributed by atoms with E-state index in [4.69, 9.17) is 11.5 Å². The molecule has 4 aromatic carbocycles. The van der Waals surface area contributed by atoms with Crippen LogP contribution in [0.5, 0.6) is 0 Å². The van der Waals surface area contributed by atoms with Crippen LogP contribution in [0.2, 0.25) is 0 Å². The average Bonchev–Trinajstić information content (AvgIpc) is 3.04. The van der Waals surface area contributed by atoms with Crippen LogP contribution in [0, 0.1) is 0 Å². The SMILES string of the molecule is NC(N)=NCCC[C@@H](C(=O)NCC(=O)O)N(Cc1ccccc1-c1ccccc1)C(=O)C(c1ccccc1)c1ccccc1. The van der Waals surface area contributed by atoms with Crippen molar-refractivity contribution in [2.24, 2.45) is 16.5 Å². The number of aliphatic carboxylic acids is 1. The van der Waals surface area contributed by atoms with E-state index >= 15 is 0 Å². The number of nitrogens with one attached hydrogen (secondary N) is 1. The fraction of sp³-hybridized carbons (Fsp3) is 0.200. The molecular weight excluding hydrogens is 554 g/mol. The number of hydrogen-bond acceptors (Lipinski definition) is 4. The molecule has 0 bridgehead atoms. The molecule has 0 spiro atoms. The lowest BCUT2D eigenvalue weighted by Gasteiger charge is -2.35. The van der Waals surface area contributed by atoms with Crippen LogP contribution >= 0.6 is 0 Å². The minimum atomic E-state index is -1.18. The van der Waals surface area contributed by atoms with Gasteiger partial charge in [0.05, 0.1) is 5.92 Å². The van der Waals surface area contributed by atoms with Crippen molar-refractivity contribution in [1.29, 1.82) is 0 Å². The first-order chi connectivity index (χ1) is 21.3. The van der Waals surface area contributed by atoms with E-state index in [9.17, 15) is 19.5 Å². The van der Waals surface area contributed by atoms with E-state index in [-0.39, 0.29) is 31.4 Å². The first kappa shape index (κ1) is 31.5. The fourth-order valence-electron chi connectivity index (χ4n) is 5.22. The van der Waals surface area contributed by atoms with Gasteiger partial charge in [0.1, 0.15) is 12.6 Å². The number of aliphatic imine (C=N–C) groups is 1. The molecule has 6 N–H and O–H groups in total. The highest BCUT2D eigenvalue weighted by Crippen LogP contribution is 2.31. The summed E-state index contributed by atoms with van der Waals surface area (Å²) in [4.78, 5) is 45.6. The number of carboxylic acids is 1. The molecule has 44 heavy (non-hydrogen) atoms. The molecule has 0 saturated carbocycles. The van der Waals surface area contributed by atoms with Crippen molar-refractivity contribution in [2.75, 3.05) is 13.1 Å². The molecule has 0 fully saturated rings. The van der Waals surface area contributed by atoms with Crippen LogP contribution in [0.4, 0.5) is 0 Å². The van der Waals surface area contributed by atoms with Gasteiger partial charge in [-0.05, 0) is 40.7 Å². The summed E-state index contributed by atoms with van der Waals surface area (Å²) in [7, 11) is 0. The quantitative estimate of drug-likeness (QED) is 0.0983. The highest BCUT2D eigenvalue weighted by molar-refractivity contribution is 5.93. The lowest BCUT2D eigenvalue weighted by Crippen LogP contribution is -2.51. The fourth-order valence-corrected chi connectivity index (χ4v) is 5.22. The van der Waals surface area contributed by atoms with Crippen molar-refractivity contribution >= 4 is 23.7 Å². The van der Waals surface area contributed by atoms with Crippen LogP contribution < -0.4 is 16.8 Å². The second kappa shape index (κ2) is 15.7. The number of nitrogens with zero attached hydrogens (tertiary/aromatic N) is 2. The number of amides is 2. The molecule has 0 radical (unpaired) electrons. The number of rotatable bonds is 14. The largest absolute Gasteiger partial charge is 0.480 e. The topological polar surface area (TPSA) is 151 Å². The molecule has 4 aromatic rings. The minimum absolute atomic E-state index is 0.0742. The highest BCUT2D eigenvalue weighted by atomic mass is 16.4. The van der Waals surface area contributed by atoms with Gasteiger partial charge in [-0.3, -0.25) is 19.4 Å². The van der Waals surface area contributed by atoms with Crippen molar-refractivity contribution in [3.8, 4) is 11.1 Å². The second-order valence-corrected chi connectivity index (χ2v) is 10.3. The monoisotopic (exact) mass is 591 g/mol. The summed E-state index contributed by atoms with van der Waals surface area (Å²) in [5.74, 6) is -2.83. The number of hydrogen-bond donors (Lipinski definition) is 4. The summed E-state index contributed by atoms with van der Waals surface area (Å²) in [6.07, 6.45) is 0.590. The molecule has 0 aliphatic carbocycles. The smallest absolute Gasteiger partial charge is 0.322 e. The number of guanidine groups is 1. The normalized spacial score (nSPS) is 11.4. The molecule has 0 heterocycles. The van der Waals surface area contributed by atoms with Gasteiger partial charge in [-0.2, -0.15) is 0 Å². The molecule has 9 heteroatoms. The van der Waals surface area contributed by atoms with Crippen molar-refractivity contribution in [2.45, 2.75) is 31.3 Å². The van der Waals surface area contributed by atoms with E-state index in [0.717, 1.165) is 27.8 Å². The first-order valence-electron chi connectivity index (χ1n) is 14.4. The van der Waals surface area contributed by atoms with Gasteiger partial charge < -0.3 is 26.8 Å². The molecule has 1 atom stereocenters. The zero-order chi connectivity index (χ0) is 31.3. The van der Waals surface area contributed by atoms with E-state index in [1.807, 2.05) is 115 Å². The van der Waals surface area contributed by atoms with Gasteiger partial charge in [0.2, 0.25) is 11.8 Å². The number of carbonyl (C=O) groups excluding carboxylic acids is 2. The van der Waals surface area contributed by atoms with Gasteiger partial charge in [-0.15, -0.1) is 0 Å². The Hall–Kier alpha value is -5.44. The van der Waals surface area contributed by atoms with E-state index in [1.54, 1.807) is 4.90 Å². The van der Waals surface area contributed by atoms with Crippen LogP contribution in [-0.4, -0.2) is 52.9 Å². The molecule has 4 rings (SSSR count). The minimum Gasteiger partial charge on any atom is -0.480 e. The Morgan fingerprint density at radius 1 is 0.773 bits per heavy atom. The Kier molecular flexibility index (Phi) is 11.2. The summed E-state index contributed by atoms with van der Waals surface area (Å²) in [6.45, 7) is -0.228. The maximum atomic E-state index is 14.9. The molecule has 0 aliphatic rings. The maximum absolute atomic E-state index is 14.9. The van der Waals surface area contributed by atoms with Gasteiger partial charge in [-0.1, -0.05) is 115 Å². The van der Waals surface area contributed by atoms with Gasteiger partial charge in [0, 0.05) is 13.1 Å². The predicted molar refractivity (Wildman–Crippen MR) is 171 cm³/mol. The third-order valence-electron chi connectivity index (χ3n) is 7.26. The van der Waals surface area contributed by atoms with Crippen LogP contribution in [0.25, 0.3) is 11.1 Å². The van der Waals surface area contributed by atoms with Crippen molar-refractivity contribution in [1.82, 2.24) is 10.2 Å². The lowest BCUT2D eigenvalue weighted by atomic mass is 9.88. The van der Waals surface area contributed by atoms with Gasteiger partial charge in [0.25, 0.3) is 0 Å². The molecule has 0 saturated heterocycles. The van der Waals surface area contributed by atoms with Crippen LogP contribution in [0.1, 0.15) is 35.4 Å². The third kappa shape index (κ3) is 8.54. The number of benzene rings is 4. The Bertz CT molecular complexity index is 1520. The summed E-state index contributed by atoms with van der Waals surface area (Å²) in [6, 6.07) is 35.4. The number of carboxylic acid groups (broad SMARTS) is 1.